The van der Waals surface area contributed by atoms with Crippen LogP contribution in [0.2, 0.25) is 0 Å². The first-order valence-corrected chi connectivity index (χ1v) is 49.7. The summed E-state index contributed by atoms with van der Waals surface area (Å²) in [5.41, 5.74) is 9.64. The first kappa shape index (κ1) is 138. The molecule has 0 radical (unpaired) electrons. The van der Waals surface area contributed by atoms with Crippen LogP contribution in [0, 0.1) is 111 Å². The highest BCUT2D eigenvalue weighted by molar-refractivity contribution is 5.16. The summed E-state index contributed by atoms with van der Waals surface area (Å²) in [6, 6.07) is 31.9. The Morgan fingerprint density at radius 3 is 0.419 bits per heavy atom. The molecule has 0 saturated heterocycles. The fourth-order valence-electron chi connectivity index (χ4n) is 21.3. The summed E-state index contributed by atoms with van der Waals surface area (Å²) in [6.45, 7) is 142. The molecule has 0 spiro atoms. The summed E-state index contributed by atoms with van der Waals surface area (Å²) in [7, 11) is 0. The second kappa shape index (κ2) is 64.4. The molecule has 0 aliphatic rings. The molecule has 0 N–H and O–H groups in total. The van der Waals surface area contributed by atoms with E-state index in [-0.39, 0.29) is 48.7 Å². The van der Waals surface area contributed by atoms with E-state index in [1.54, 1.807) is 0 Å². The molecule has 0 amide bonds. The van der Waals surface area contributed by atoms with Crippen LogP contribution >= 0.6 is 0 Å². The summed E-state index contributed by atoms with van der Waals surface area (Å²) in [6.07, 6.45) is 25.9. The molecule has 0 atom stereocenters. The van der Waals surface area contributed by atoms with Gasteiger partial charge in [0, 0.05) is 0 Å². The fourth-order valence-corrected chi connectivity index (χ4v) is 21.3. The van der Waals surface area contributed by atoms with Crippen molar-refractivity contribution in [1.29, 1.82) is 0 Å². The van der Waals surface area contributed by atoms with Gasteiger partial charge in [0.15, 0.2) is 0 Å². The molecule has 706 valence electrons. The molecule has 0 aliphatic carbocycles. The minimum Gasteiger partial charge on any atom is -0.0683 e. The molecule has 0 fully saturated rings. The summed E-state index contributed by atoms with van der Waals surface area (Å²) in [5, 5.41) is 0. The maximum Gasteiger partial charge on any atom is -0.0274 e. The lowest BCUT2D eigenvalue weighted by molar-refractivity contribution is -0.0367. The molecule has 0 saturated carbocycles. The van der Waals surface area contributed by atoms with Crippen LogP contribution in [0.1, 0.15) is 547 Å². The Kier molecular flexibility index (Phi) is 75.9. The van der Waals surface area contributed by atoms with Crippen molar-refractivity contribution in [2.24, 2.45) is 97.5 Å². The molecule has 0 heteroatoms. The predicted molar refractivity (Wildman–Crippen MR) is 559 cm³/mol. The summed E-state index contributed by atoms with van der Waals surface area (Å²) in [4.78, 5) is 0. The van der Waals surface area contributed by atoms with Crippen molar-refractivity contribution in [2.45, 2.75) is 551 Å². The van der Waals surface area contributed by atoms with Gasteiger partial charge in [-0.05, 0) is 232 Å². The zero-order valence-electron chi connectivity index (χ0n) is 94.3. The number of hydrogen-bond donors (Lipinski definition) is 0. The smallest absolute Gasteiger partial charge is 0.0274 e. The monoisotopic (exact) mass is 1640 g/mol. The van der Waals surface area contributed by atoms with Crippen LogP contribution in [0.4, 0.5) is 0 Å². The van der Waals surface area contributed by atoms with E-state index in [4.69, 9.17) is 0 Å². The average molecular weight is 1650 g/mol. The largest absolute Gasteiger partial charge is 0.0683 e. The minimum atomic E-state index is 0.235. The quantitative estimate of drug-likeness (QED) is 0.0839. The van der Waals surface area contributed by atoms with Crippen molar-refractivity contribution in [3.63, 3.8) is 0 Å². The zero-order chi connectivity index (χ0) is 96.5. The normalized spacial score (nSPS) is 12.5. The van der Waals surface area contributed by atoms with Gasteiger partial charge in [0.1, 0.15) is 0 Å². The summed E-state index contributed by atoms with van der Waals surface area (Å²) in [5.74, 6) is 0. The maximum atomic E-state index is 2.74. The van der Waals surface area contributed by atoms with Gasteiger partial charge in [-0.2, -0.15) is 0 Å². The Hall–Kier alpha value is -2.34. The van der Waals surface area contributed by atoms with E-state index < -0.39 is 0 Å². The molecule has 0 unspecified atom stereocenters. The third-order valence-electron chi connectivity index (χ3n) is 18.7. The number of benzene rings is 3. The van der Waals surface area contributed by atoms with Crippen molar-refractivity contribution in [3.05, 3.63) is 108 Å². The number of aryl methyl sites for hydroxylation is 3. The minimum absolute atomic E-state index is 0.235. The van der Waals surface area contributed by atoms with Crippen LogP contribution < -0.4 is 0 Å². The summed E-state index contributed by atoms with van der Waals surface area (Å²) < 4.78 is 0. The highest BCUT2D eigenvalue weighted by Crippen LogP contribution is 2.63. The van der Waals surface area contributed by atoms with E-state index in [1.165, 1.54) is 145 Å². The highest BCUT2D eigenvalue weighted by Gasteiger charge is 2.52. The van der Waals surface area contributed by atoms with Crippen molar-refractivity contribution in [3.8, 4) is 0 Å². The molecule has 0 aromatic heterocycles. The Bertz CT molecular complexity index is 2240. The van der Waals surface area contributed by atoms with Gasteiger partial charge < -0.3 is 0 Å². The second-order valence-corrected chi connectivity index (χ2v) is 49.5. The van der Waals surface area contributed by atoms with Crippen LogP contribution in [-0.2, 0) is 6.42 Å². The topological polar surface area (TPSA) is 0 Å². The van der Waals surface area contributed by atoms with Gasteiger partial charge in [0.05, 0.1) is 0 Å². The van der Waals surface area contributed by atoms with Crippen molar-refractivity contribution < 1.29 is 0 Å². The average Bonchev–Trinajstić information content (AvgIpc) is 0.770. The Balaban J connectivity index is -0.000000152. The second-order valence-electron chi connectivity index (χ2n) is 49.5. The van der Waals surface area contributed by atoms with Crippen molar-refractivity contribution in [1.82, 2.24) is 0 Å². The first-order valence-electron chi connectivity index (χ1n) is 49.7. The van der Waals surface area contributed by atoms with E-state index in [2.05, 4.69) is 352 Å². The molecule has 3 aromatic carbocycles. The van der Waals surface area contributed by atoms with Gasteiger partial charge >= 0.3 is 0 Å². The molecular formula is C117H238. The van der Waals surface area contributed by atoms with E-state index in [0.29, 0.717) is 48.7 Å². The van der Waals surface area contributed by atoms with E-state index in [9.17, 15) is 0 Å². The van der Waals surface area contributed by atoms with E-state index in [1.807, 2.05) is 161 Å². The molecule has 3 aromatic rings. The fraction of sp³-hybridized carbons (Fsp3) is 0.846. The number of hydrogen-bond acceptors (Lipinski definition) is 0. The Morgan fingerprint density at radius 1 is 0.179 bits per heavy atom. The Morgan fingerprint density at radius 2 is 0.308 bits per heavy atom. The third-order valence-corrected chi connectivity index (χ3v) is 18.7. The van der Waals surface area contributed by atoms with Gasteiger partial charge in [0.2, 0.25) is 0 Å². The maximum absolute atomic E-state index is 2.74. The van der Waals surface area contributed by atoms with Gasteiger partial charge in [-0.3, -0.25) is 0 Å². The third kappa shape index (κ3) is 88.3. The van der Waals surface area contributed by atoms with Crippen LogP contribution in [0.5, 0.6) is 0 Å². The molecular weight excluding hydrogens is 1410 g/mol. The SMILES string of the molecule is CC.CC.CC.CC.CC.CC.CC.CC.CC.CC(C)(C)CC(CC(C)(C)C)(CC(C)(C)C)CC(C)(CCc1ccccc1)CC(CC(C)(C)C)(CC(C)(C)C)CC(C)(C)C.CCC.CCC(C)(CC(CC(C)(C)C)(CC(C)(C)C)CC(C)(C)C)CC(CC(C)(C)C)(CC(C)(C)C)CC(C)(C)C.Cc1ccccc1.Cc1ccccc1. The van der Waals surface area contributed by atoms with Gasteiger partial charge in [0.25, 0.3) is 0 Å². The van der Waals surface area contributed by atoms with Gasteiger partial charge in [-0.15, -0.1) is 0 Å². The molecule has 0 aliphatic heterocycles. The zero-order valence-corrected chi connectivity index (χ0v) is 94.3. The van der Waals surface area contributed by atoms with Gasteiger partial charge in [-0.1, -0.05) is 523 Å². The lowest BCUT2D eigenvalue weighted by Gasteiger charge is -2.54. The molecule has 3 rings (SSSR count). The lowest BCUT2D eigenvalue weighted by atomic mass is 9.51. The highest BCUT2D eigenvalue weighted by atomic mass is 14.6. The van der Waals surface area contributed by atoms with Crippen molar-refractivity contribution >= 4 is 0 Å². The Labute approximate surface area is 751 Å². The molecule has 117 heavy (non-hydrogen) atoms. The van der Waals surface area contributed by atoms with E-state index in [0.717, 1.165) is 0 Å². The van der Waals surface area contributed by atoms with E-state index >= 15 is 0 Å². The molecule has 0 nitrogen and oxygen atoms in total. The standard InChI is InChI=1S/C44H82.C38H78.2C7H8.C3H8.9C2H6/c1-36(2,3)27-43(28-37(4,5)6,29-38(7,8)9)33-42(19,26-25-35-23-21-20-22-24-35)34-44(30-39(10,11)12,31-40(13,14)15)32-41(16,17)18;1-21-36(20,28-37(22-30(2,3)4,23-31(5,6)7)24-32(8,9)10)29-38(25-33(11,12)13,26-34(14,15)16)27-35(17,18)19;2*1-7-5-3-2-4-6-7;1-3-2;9*1-2/h20-24H,25-34H2,1-19H3;21-29H2,1-20H3;2*2-6H,1H3;3H2,1-2H3;9*1-2H3. The number of rotatable bonds is 24. The predicted octanol–water partition coefficient (Wildman–Crippen LogP) is 43.4. The van der Waals surface area contributed by atoms with Gasteiger partial charge in [-0.25, -0.2) is 0 Å². The van der Waals surface area contributed by atoms with Crippen LogP contribution in [-0.4, -0.2) is 0 Å². The van der Waals surface area contributed by atoms with Crippen LogP contribution in [0.25, 0.3) is 0 Å². The lowest BCUT2D eigenvalue weighted by Crippen LogP contribution is -2.44. The molecule has 0 heterocycles. The van der Waals surface area contributed by atoms with Crippen LogP contribution in [0.15, 0.2) is 91.0 Å². The van der Waals surface area contributed by atoms with Crippen LogP contribution in [0.3, 0.4) is 0 Å². The first-order chi connectivity index (χ1) is 52.7. The summed E-state index contributed by atoms with van der Waals surface area (Å²) >= 11 is 0. The molecule has 0 bridgehead atoms. The van der Waals surface area contributed by atoms with Crippen molar-refractivity contribution in [2.75, 3.05) is 0 Å².